The van der Waals surface area contributed by atoms with Crippen molar-refractivity contribution in [1.29, 1.82) is 0 Å². The normalized spacial score (nSPS) is 22.0. The van der Waals surface area contributed by atoms with Gasteiger partial charge in [-0.15, -0.1) is 0 Å². The number of hydroxylamine groups is 3. The topological polar surface area (TPSA) is 224 Å². The van der Waals surface area contributed by atoms with E-state index in [2.05, 4.69) is 15.7 Å². The van der Waals surface area contributed by atoms with Gasteiger partial charge in [-0.05, 0) is 49.4 Å². The van der Waals surface area contributed by atoms with Crippen molar-refractivity contribution in [1.82, 2.24) is 14.8 Å². The number of hydrogen-bond acceptors (Lipinski definition) is 12. The van der Waals surface area contributed by atoms with Gasteiger partial charge >= 0.3 is 12.1 Å². The zero-order valence-corrected chi connectivity index (χ0v) is 28.9. The summed E-state index contributed by atoms with van der Waals surface area (Å²) in [7, 11) is -3.12. The number of anilines is 1. The number of nitrogens with one attached hydrogen (secondary N) is 2. The first-order valence-corrected chi connectivity index (χ1v) is 18.2. The number of hydrazone groups is 1. The molecule has 5 atom stereocenters. The Kier molecular flexibility index (Phi) is 13.4. The molecular formula is C32H44N6O12S. The molecule has 280 valence electrons. The molecule has 2 aromatic rings. The van der Waals surface area contributed by atoms with Gasteiger partial charge in [0, 0.05) is 19.3 Å². The number of amides is 1. The number of nitro groups is 1. The van der Waals surface area contributed by atoms with Crippen molar-refractivity contribution in [2.75, 3.05) is 45.3 Å². The van der Waals surface area contributed by atoms with Gasteiger partial charge in [0.1, 0.15) is 11.2 Å². The quantitative estimate of drug-likeness (QED) is 0.0602. The number of benzene rings is 2. The number of amidine groups is 1. The molecule has 4 N–H and O–H groups in total. The number of fused-ring (bicyclic) bond motifs is 1. The summed E-state index contributed by atoms with van der Waals surface area (Å²) in [5.41, 5.74) is 1.21. The van der Waals surface area contributed by atoms with Crippen LogP contribution in [0, 0.1) is 16.0 Å². The Morgan fingerprint density at radius 2 is 1.90 bits per heavy atom. The molecule has 5 rings (SSSR count). The van der Waals surface area contributed by atoms with Crippen LogP contribution in [0.15, 0.2) is 64.6 Å². The number of rotatable bonds is 17. The average Bonchev–Trinajstić information content (AvgIpc) is 3.87. The van der Waals surface area contributed by atoms with Crippen LogP contribution in [-0.2, 0) is 40.3 Å². The predicted molar refractivity (Wildman–Crippen MR) is 180 cm³/mol. The zero-order valence-electron chi connectivity index (χ0n) is 28.1. The third-order valence-corrected chi connectivity index (χ3v) is 10.4. The fourth-order valence-corrected chi connectivity index (χ4v) is 7.46. The van der Waals surface area contributed by atoms with Crippen LogP contribution in [0.25, 0.3) is 0 Å². The average molecular weight is 737 g/mol. The first-order valence-electron chi connectivity index (χ1n) is 16.7. The van der Waals surface area contributed by atoms with E-state index in [1.54, 1.807) is 6.07 Å². The number of ether oxygens (including phenoxy) is 3. The van der Waals surface area contributed by atoms with Crippen molar-refractivity contribution in [3.63, 3.8) is 0 Å². The maximum absolute atomic E-state index is 14.1. The van der Waals surface area contributed by atoms with E-state index in [0.717, 1.165) is 27.9 Å². The Morgan fingerprint density at radius 3 is 2.65 bits per heavy atom. The van der Waals surface area contributed by atoms with Gasteiger partial charge in [0.05, 0.1) is 55.4 Å². The van der Waals surface area contributed by atoms with Crippen molar-refractivity contribution >= 4 is 27.8 Å². The Labute approximate surface area is 295 Å². The number of carbonyl (C=O) groups excluding carboxylic acids is 1. The van der Waals surface area contributed by atoms with E-state index < -0.39 is 58.3 Å². The summed E-state index contributed by atoms with van der Waals surface area (Å²) in [6.07, 6.45) is 0.407. The summed E-state index contributed by atoms with van der Waals surface area (Å²) in [6.45, 7) is 0.280. The number of alkyl carbamates (subject to hydrolysis) is 1. The Bertz CT molecular complexity index is 1600. The molecule has 2 heterocycles. The number of aliphatic hydroxyl groups is 2. The highest BCUT2D eigenvalue weighted by molar-refractivity contribution is 7.89. The smallest absolute Gasteiger partial charge is 0.407 e. The van der Waals surface area contributed by atoms with E-state index in [9.17, 15) is 33.5 Å². The van der Waals surface area contributed by atoms with Gasteiger partial charge < -0.3 is 35.1 Å². The molecule has 0 radical (unpaired) electrons. The number of sulfonamides is 1. The molecule has 2 aromatic carbocycles. The highest BCUT2D eigenvalue weighted by atomic mass is 32.2. The third kappa shape index (κ3) is 10.7. The van der Waals surface area contributed by atoms with Crippen LogP contribution in [0.4, 0.5) is 10.5 Å². The van der Waals surface area contributed by atoms with E-state index in [1.165, 1.54) is 25.2 Å². The predicted octanol–water partition coefficient (Wildman–Crippen LogP) is 2.39. The van der Waals surface area contributed by atoms with Crippen molar-refractivity contribution in [3.8, 4) is 0 Å². The second-order valence-electron chi connectivity index (χ2n) is 12.4. The third-order valence-electron chi connectivity index (χ3n) is 8.78. The standard InChI is InChI=1S/C32H44N6O12S/c1-36(31(40)35-38(42)43)48-17-15-33-23-10-7-13-25(19-23)51(44,45)37(50-24-11-5-6-12-24)20-28(39)27(18-22-8-3-2-4-9-22)34-32(41)49-29-21-47-30-26(29)14-16-46-30/h2-4,7-10,13,19,24,26-30,33,39H,5-6,11-12,14-18,20-21H2,1H3,(H,34,41)(H,35,40)/t26-,27-,28+,29-,30+/m0/s1. The second-order valence-corrected chi connectivity index (χ2v) is 14.2. The number of hydrogen-bond donors (Lipinski definition) is 4. The zero-order chi connectivity index (χ0) is 36.4. The number of carbonyl (C=O) groups is 1. The summed E-state index contributed by atoms with van der Waals surface area (Å²) in [4.78, 5) is 34.7. The van der Waals surface area contributed by atoms with Gasteiger partial charge in [0.2, 0.25) is 0 Å². The van der Waals surface area contributed by atoms with Gasteiger partial charge in [-0.3, -0.25) is 9.68 Å². The van der Waals surface area contributed by atoms with Gasteiger partial charge in [-0.1, -0.05) is 53.7 Å². The maximum Gasteiger partial charge on any atom is 0.407 e. The molecule has 0 bridgehead atoms. The molecule has 1 amide bonds. The molecule has 2 saturated heterocycles. The summed E-state index contributed by atoms with van der Waals surface area (Å²) in [5, 5.41) is 39.7. The Hall–Kier alpha value is -4.11. The van der Waals surface area contributed by atoms with Crippen LogP contribution in [0.3, 0.4) is 0 Å². The van der Waals surface area contributed by atoms with E-state index in [0.29, 0.717) is 31.6 Å². The molecule has 0 spiro atoms. The molecule has 2 aliphatic heterocycles. The first-order chi connectivity index (χ1) is 24.5. The molecule has 0 unspecified atom stereocenters. The molecule has 19 heteroatoms. The fourth-order valence-electron chi connectivity index (χ4n) is 6.12. The maximum atomic E-state index is 14.1. The molecule has 18 nitrogen and oxygen atoms in total. The molecule has 0 aromatic heterocycles. The van der Waals surface area contributed by atoms with E-state index in [1.807, 2.05) is 30.3 Å². The van der Waals surface area contributed by atoms with Crippen LogP contribution < -0.4 is 10.6 Å². The SMILES string of the molecule is CN(OCCNc1cccc(S(=O)(=O)N(C[C@@H](O)[C@H](Cc2ccccc2)NC(=O)O[C@H]2CO[C@H]3OCC[C@H]32)OC2CCCC2)c1)C(O)=N[N+](=O)[O-]. The van der Waals surface area contributed by atoms with Crippen LogP contribution >= 0.6 is 0 Å². The molecule has 3 fully saturated rings. The molecule has 51 heavy (non-hydrogen) atoms. The summed E-state index contributed by atoms with van der Waals surface area (Å²) in [6, 6.07) is 13.2. The molecule has 1 aliphatic carbocycles. The number of nitrogens with zero attached hydrogens (tertiary/aromatic N) is 4. The second kappa shape index (κ2) is 17.9. The lowest BCUT2D eigenvalue weighted by Gasteiger charge is -2.31. The molecule has 1 saturated carbocycles. The van der Waals surface area contributed by atoms with Crippen molar-refractivity contribution in [2.45, 2.75) is 74.1 Å². The van der Waals surface area contributed by atoms with Gasteiger partial charge in [0.25, 0.3) is 10.0 Å². The number of aliphatic hydroxyl groups excluding tert-OH is 2. The van der Waals surface area contributed by atoms with Crippen molar-refractivity contribution < 1.29 is 52.3 Å². The van der Waals surface area contributed by atoms with Gasteiger partial charge in [-0.25, -0.2) is 28.4 Å². The van der Waals surface area contributed by atoms with Crippen LogP contribution in [-0.4, -0.2) is 116 Å². The highest BCUT2D eigenvalue weighted by Gasteiger charge is 2.44. The minimum atomic E-state index is -4.35. The monoisotopic (exact) mass is 736 g/mol. The first kappa shape index (κ1) is 38.1. The van der Waals surface area contributed by atoms with Crippen LogP contribution in [0.1, 0.15) is 37.7 Å². The Balaban J connectivity index is 1.28. The van der Waals surface area contributed by atoms with Gasteiger partial charge in [-0.2, -0.15) is 0 Å². The van der Waals surface area contributed by atoms with Crippen molar-refractivity contribution in [2.24, 2.45) is 11.0 Å². The van der Waals surface area contributed by atoms with Gasteiger partial charge in [0.15, 0.2) is 11.3 Å². The lowest BCUT2D eigenvalue weighted by Crippen LogP contribution is -2.51. The van der Waals surface area contributed by atoms with Crippen molar-refractivity contribution in [3.05, 3.63) is 70.3 Å². The minimum absolute atomic E-state index is 0.0606. The summed E-state index contributed by atoms with van der Waals surface area (Å²) < 4.78 is 45.9. The lowest BCUT2D eigenvalue weighted by molar-refractivity contribution is -0.487. The Morgan fingerprint density at radius 1 is 1.14 bits per heavy atom. The van der Waals surface area contributed by atoms with Crippen LogP contribution in [0.2, 0.25) is 0 Å². The minimum Gasteiger partial charge on any atom is -0.475 e. The summed E-state index contributed by atoms with van der Waals surface area (Å²) >= 11 is 0. The molecular weight excluding hydrogens is 692 g/mol. The van der Waals surface area contributed by atoms with E-state index >= 15 is 0 Å². The summed E-state index contributed by atoms with van der Waals surface area (Å²) in [5.74, 6) is -0.0866. The fraction of sp³-hybridized carbons (Fsp3) is 0.562. The van der Waals surface area contributed by atoms with E-state index in [-0.39, 0.29) is 43.1 Å². The largest absolute Gasteiger partial charge is 0.475 e. The van der Waals surface area contributed by atoms with E-state index in [4.69, 9.17) is 23.9 Å². The highest BCUT2D eigenvalue weighted by Crippen LogP contribution is 2.33. The lowest BCUT2D eigenvalue weighted by atomic mass is 10.0. The van der Waals surface area contributed by atoms with Crippen LogP contribution in [0.5, 0.6) is 0 Å². The molecule has 3 aliphatic rings.